The van der Waals surface area contributed by atoms with Gasteiger partial charge in [-0.15, -0.1) is 11.8 Å². The molecule has 4 heteroatoms. The Morgan fingerprint density at radius 2 is 1.82 bits per heavy atom. The summed E-state index contributed by atoms with van der Waals surface area (Å²) in [7, 11) is 0. The van der Waals surface area contributed by atoms with Gasteiger partial charge in [0.1, 0.15) is 12.4 Å². The predicted octanol–water partition coefficient (Wildman–Crippen LogP) is 3.67. The molecule has 2 aromatic rings. The highest BCUT2D eigenvalue weighted by molar-refractivity contribution is 8.00. The molecule has 0 aliphatic carbocycles. The number of thioether (sulfide) groups is 1. The Morgan fingerprint density at radius 3 is 2.50 bits per heavy atom. The second-order valence-electron chi connectivity index (χ2n) is 5.19. The molecule has 1 unspecified atom stereocenters. The van der Waals surface area contributed by atoms with Crippen LogP contribution in [0.2, 0.25) is 0 Å². The lowest BCUT2D eigenvalue weighted by molar-refractivity contribution is -0.119. The molecule has 0 bridgehead atoms. The molecule has 0 saturated carbocycles. The molecular weight excluding hydrogens is 294 g/mol. The lowest BCUT2D eigenvalue weighted by Gasteiger charge is -2.15. The van der Waals surface area contributed by atoms with Crippen LogP contribution in [0.15, 0.2) is 59.5 Å². The van der Waals surface area contributed by atoms with E-state index in [1.54, 1.807) is 0 Å². The standard InChI is InChI=1S/C18H21NO2S/c1-14-8-10-16(11-9-14)21-12-15(2)19-18(20)13-22-17-6-4-3-5-7-17/h3-11,15H,12-13H2,1-2H3,(H,19,20). The number of hydrogen-bond acceptors (Lipinski definition) is 3. The average Bonchev–Trinajstić information content (AvgIpc) is 2.53. The molecule has 0 aliphatic heterocycles. The fraction of sp³-hybridized carbons (Fsp3) is 0.278. The van der Waals surface area contributed by atoms with Gasteiger partial charge < -0.3 is 10.1 Å². The number of rotatable bonds is 7. The van der Waals surface area contributed by atoms with E-state index in [9.17, 15) is 4.79 Å². The smallest absolute Gasteiger partial charge is 0.230 e. The van der Waals surface area contributed by atoms with Gasteiger partial charge >= 0.3 is 0 Å². The Bertz CT molecular complexity index is 584. The number of carbonyl (C=O) groups is 1. The summed E-state index contributed by atoms with van der Waals surface area (Å²) in [5.41, 5.74) is 1.20. The Hall–Kier alpha value is -1.94. The molecule has 1 amide bonds. The first-order valence-corrected chi connectivity index (χ1v) is 8.29. The summed E-state index contributed by atoms with van der Waals surface area (Å²) in [4.78, 5) is 13.0. The molecule has 0 aromatic heterocycles. The number of benzene rings is 2. The van der Waals surface area contributed by atoms with E-state index in [1.807, 2.05) is 68.4 Å². The van der Waals surface area contributed by atoms with Crippen molar-refractivity contribution in [1.29, 1.82) is 0 Å². The van der Waals surface area contributed by atoms with Gasteiger partial charge in [-0.25, -0.2) is 0 Å². The molecule has 0 heterocycles. The largest absolute Gasteiger partial charge is 0.491 e. The van der Waals surface area contributed by atoms with Crippen molar-refractivity contribution in [3.05, 3.63) is 60.2 Å². The molecule has 0 aliphatic rings. The van der Waals surface area contributed by atoms with Crippen LogP contribution in [-0.2, 0) is 4.79 Å². The van der Waals surface area contributed by atoms with Crippen LogP contribution in [0.5, 0.6) is 5.75 Å². The third-order valence-electron chi connectivity index (χ3n) is 3.04. The van der Waals surface area contributed by atoms with Gasteiger partial charge in [-0.3, -0.25) is 4.79 Å². The first kappa shape index (κ1) is 16.4. The molecule has 2 aromatic carbocycles. The zero-order chi connectivity index (χ0) is 15.8. The van der Waals surface area contributed by atoms with Crippen LogP contribution in [0.4, 0.5) is 0 Å². The quantitative estimate of drug-likeness (QED) is 0.792. The number of ether oxygens (including phenoxy) is 1. The summed E-state index contributed by atoms with van der Waals surface area (Å²) in [5, 5.41) is 2.95. The topological polar surface area (TPSA) is 38.3 Å². The highest BCUT2D eigenvalue weighted by Gasteiger charge is 2.08. The summed E-state index contributed by atoms with van der Waals surface area (Å²) in [5.74, 6) is 1.26. The number of aryl methyl sites for hydroxylation is 1. The van der Waals surface area contributed by atoms with Crippen LogP contribution < -0.4 is 10.1 Å². The van der Waals surface area contributed by atoms with Crippen LogP contribution >= 0.6 is 11.8 Å². The van der Waals surface area contributed by atoms with E-state index in [4.69, 9.17) is 4.74 Å². The highest BCUT2D eigenvalue weighted by atomic mass is 32.2. The van der Waals surface area contributed by atoms with Gasteiger partial charge in [0.15, 0.2) is 0 Å². The molecule has 0 saturated heterocycles. The first-order chi connectivity index (χ1) is 10.6. The maximum absolute atomic E-state index is 11.9. The Balaban J connectivity index is 1.68. The summed E-state index contributed by atoms with van der Waals surface area (Å²) >= 11 is 1.53. The third kappa shape index (κ3) is 5.82. The van der Waals surface area contributed by atoms with Gasteiger partial charge in [0.2, 0.25) is 5.91 Å². The van der Waals surface area contributed by atoms with E-state index >= 15 is 0 Å². The summed E-state index contributed by atoms with van der Waals surface area (Å²) < 4.78 is 5.66. The molecule has 1 N–H and O–H groups in total. The van der Waals surface area contributed by atoms with Crippen molar-refractivity contribution in [2.75, 3.05) is 12.4 Å². The number of amides is 1. The minimum atomic E-state index is -0.0230. The van der Waals surface area contributed by atoms with Gasteiger partial charge in [0.25, 0.3) is 0 Å². The predicted molar refractivity (Wildman–Crippen MR) is 91.4 cm³/mol. The van der Waals surface area contributed by atoms with Crippen molar-refractivity contribution in [2.45, 2.75) is 24.8 Å². The second-order valence-corrected chi connectivity index (χ2v) is 6.24. The Morgan fingerprint density at radius 1 is 1.14 bits per heavy atom. The zero-order valence-corrected chi connectivity index (χ0v) is 13.7. The van der Waals surface area contributed by atoms with E-state index in [-0.39, 0.29) is 11.9 Å². The fourth-order valence-electron chi connectivity index (χ4n) is 1.88. The molecule has 0 fully saturated rings. The average molecular weight is 315 g/mol. The van der Waals surface area contributed by atoms with Gasteiger partial charge in [-0.2, -0.15) is 0 Å². The minimum Gasteiger partial charge on any atom is -0.491 e. The van der Waals surface area contributed by atoms with Crippen molar-refractivity contribution < 1.29 is 9.53 Å². The Labute approximate surface area is 136 Å². The number of hydrogen-bond donors (Lipinski definition) is 1. The van der Waals surface area contributed by atoms with Gasteiger partial charge in [0.05, 0.1) is 11.8 Å². The zero-order valence-electron chi connectivity index (χ0n) is 12.9. The summed E-state index contributed by atoms with van der Waals surface area (Å²) in [6.07, 6.45) is 0. The van der Waals surface area contributed by atoms with Crippen molar-refractivity contribution in [3.63, 3.8) is 0 Å². The van der Waals surface area contributed by atoms with E-state index < -0.39 is 0 Å². The molecule has 2 rings (SSSR count). The lowest BCUT2D eigenvalue weighted by atomic mass is 10.2. The van der Waals surface area contributed by atoms with Crippen LogP contribution in [0.25, 0.3) is 0 Å². The van der Waals surface area contributed by atoms with Crippen LogP contribution in [-0.4, -0.2) is 24.3 Å². The number of nitrogens with one attached hydrogen (secondary N) is 1. The Kier molecular flexibility index (Phi) is 6.34. The van der Waals surface area contributed by atoms with Gasteiger partial charge in [-0.1, -0.05) is 35.9 Å². The van der Waals surface area contributed by atoms with E-state index in [0.29, 0.717) is 12.4 Å². The first-order valence-electron chi connectivity index (χ1n) is 7.30. The SMILES string of the molecule is Cc1ccc(OCC(C)NC(=O)CSc2ccccc2)cc1. The molecule has 116 valence electrons. The maximum atomic E-state index is 11.9. The van der Waals surface area contributed by atoms with Crippen LogP contribution in [0.1, 0.15) is 12.5 Å². The molecular formula is C18H21NO2S. The van der Waals surface area contributed by atoms with Crippen molar-refractivity contribution in [1.82, 2.24) is 5.32 Å². The van der Waals surface area contributed by atoms with E-state index in [1.165, 1.54) is 17.3 Å². The van der Waals surface area contributed by atoms with Crippen molar-refractivity contribution >= 4 is 17.7 Å². The second kappa shape index (κ2) is 8.49. The van der Waals surface area contributed by atoms with Crippen molar-refractivity contribution in [3.8, 4) is 5.75 Å². The molecule has 0 radical (unpaired) electrons. The van der Waals surface area contributed by atoms with Crippen LogP contribution in [0.3, 0.4) is 0 Å². The van der Waals surface area contributed by atoms with E-state index in [2.05, 4.69) is 5.32 Å². The maximum Gasteiger partial charge on any atom is 0.230 e. The fourth-order valence-corrected chi connectivity index (χ4v) is 2.61. The van der Waals surface area contributed by atoms with E-state index in [0.717, 1.165) is 10.6 Å². The molecule has 1 atom stereocenters. The summed E-state index contributed by atoms with van der Waals surface area (Å²) in [6, 6.07) is 17.8. The van der Waals surface area contributed by atoms with Crippen LogP contribution in [0, 0.1) is 6.92 Å². The van der Waals surface area contributed by atoms with Crippen molar-refractivity contribution in [2.24, 2.45) is 0 Å². The lowest BCUT2D eigenvalue weighted by Crippen LogP contribution is -2.37. The number of carbonyl (C=O) groups excluding carboxylic acids is 1. The molecule has 0 spiro atoms. The molecule has 22 heavy (non-hydrogen) atoms. The monoisotopic (exact) mass is 315 g/mol. The normalized spacial score (nSPS) is 11.7. The minimum absolute atomic E-state index is 0.0221. The third-order valence-corrected chi connectivity index (χ3v) is 4.05. The van der Waals surface area contributed by atoms with Gasteiger partial charge in [-0.05, 0) is 38.1 Å². The summed E-state index contributed by atoms with van der Waals surface area (Å²) in [6.45, 7) is 4.45. The van der Waals surface area contributed by atoms with Gasteiger partial charge in [0, 0.05) is 4.90 Å². The molecule has 3 nitrogen and oxygen atoms in total. The highest BCUT2D eigenvalue weighted by Crippen LogP contribution is 2.16.